The predicted octanol–water partition coefficient (Wildman–Crippen LogP) is 3.96. The van der Waals surface area contributed by atoms with Crippen molar-refractivity contribution in [2.75, 3.05) is 18.5 Å². The number of hydrogen-bond donors (Lipinski definition) is 1. The second kappa shape index (κ2) is 7.42. The average Bonchev–Trinajstić information content (AvgIpc) is 2.86. The summed E-state index contributed by atoms with van der Waals surface area (Å²) in [5.74, 6) is 0.959. The molecule has 5 nitrogen and oxygen atoms in total. The van der Waals surface area contributed by atoms with Gasteiger partial charge < -0.3 is 9.47 Å². The van der Waals surface area contributed by atoms with Crippen LogP contribution >= 0.6 is 27.3 Å². The first kappa shape index (κ1) is 15.8. The Morgan fingerprint density at radius 3 is 2.62 bits per heavy atom. The van der Waals surface area contributed by atoms with Gasteiger partial charge in [-0.25, -0.2) is 4.98 Å². The van der Waals surface area contributed by atoms with Crippen molar-refractivity contribution in [3.05, 3.63) is 33.7 Å². The highest BCUT2D eigenvalue weighted by atomic mass is 79.9. The summed E-state index contributed by atoms with van der Waals surface area (Å²) in [7, 11) is 0. The van der Waals surface area contributed by atoms with Crippen LogP contribution in [0, 0.1) is 0 Å². The molecule has 7 heteroatoms. The summed E-state index contributed by atoms with van der Waals surface area (Å²) in [6.07, 6.45) is 1.64. The van der Waals surface area contributed by atoms with Gasteiger partial charge in [-0.15, -0.1) is 0 Å². The van der Waals surface area contributed by atoms with Crippen LogP contribution in [-0.2, 0) is 0 Å². The standard InChI is InChI=1S/C14H15BrN2O3S/c1-3-19-10-6-5-9(7-11(10)20-4-2)13(18)17-14-16-8-12(15)21-14/h5-8H,3-4H2,1-2H3,(H,16,17,18). The van der Waals surface area contributed by atoms with E-state index in [1.807, 2.05) is 13.8 Å². The van der Waals surface area contributed by atoms with Gasteiger partial charge in [-0.05, 0) is 48.0 Å². The van der Waals surface area contributed by atoms with Crippen LogP contribution < -0.4 is 14.8 Å². The second-order valence-corrected chi connectivity index (χ2v) is 6.36. The summed E-state index contributed by atoms with van der Waals surface area (Å²) < 4.78 is 11.8. The molecule has 0 bridgehead atoms. The van der Waals surface area contributed by atoms with Gasteiger partial charge >= 0.3 is 0 Å². The number of benzene rings is 1. The van der Waals surface area contributed by atoms with E-state index in [1.54, 1.807) is 24.4 Å². The number of nitrogens with one attached hydrogen (secondary N) is 1. The fraction of sp³-hybridized carbons (Fsp3) is 0.286. The number of hydrogen-bond acceptors (Lipinski definition) is 5. The smallest absolute Gasteiger partial charge is 0.257 e. The zero-order chi connectivity index (χ0) is 15.2. The monoisotopic (exact) mass is 370 g/mol. The van der Waals surface area contributed by atoms with E-state index < -0.39 is 0 Å². The number of anilines is 1. The maximum atomic E-state index is 12.2. The highest BCUT2D eigenvalue weighted by Crippen LogP contribution is 2.29. The van der Waals surface area contributed by atoms with E-state index >= 15 is 0 Å². The third-order valence-corrected chi connectivity index (χ3v) is 3.90. The molecular formula is C14H15BrN2O3S. The van der Waals surface area contributed by atoms with Crippen LogP contribution in [0.5, 0.6) is 11.5 Å². The number of halogens is 1. The minimum absolute atomic E-state index is 0.235. The zero-order valence-electron chi connectivity index (χ0n) is 11.7. The van der Waals surface area contributed by atoms with E-state index in [4.69, 9.17) is 9.47 Å². The quantitative estimate of drug-likeness (QED) is 0.835. The third kappa shape index (κ3) is 4.18. The molecule has 1 aromatic carbocycles. The fourth-order valence-corrected chi connectivity index (χ4v) is 2.78. The largest absolute Gasteiger partial charge is 0.490 e. The number of amides is 1. The van der Waals surface area contributed by atoms with Crippen LogP contribution in [0.4, 0.5) is 5.13 Å². The Labute approximate surface area is 135 Å². The number of aromatic nitrogens is 1. The van der Waals surface area contributed by atoms with Crippen LogP contribution in [0.1, 0.15) is 24.2 Å². The minimum Gasteiger partial charge on any atom is -0.490 e. The molecule has 0 fully saturated rings. The van der Waals surface area contributed by atoms with Gasteiger partial charge in [0.25, 0.3) is 5.91 Å². The SMILES string of the molecule is CCOc1ccc(C(=O)Nc2ncc(Br)s2)cc1OCC. The number of nitrogens with zero attached hydrogens (tertiary/aromatic N) is 1. The van der Waals surface area contributed by atoms with Gasteiger partial charge in [0.1, 0.15) is 0 Å². The third-order valence-electron chi connectivity index (χ3n) is 2.50. The van der Waals surface area contributed by atoms with Gasteiger partial charge in [-0.3, -0.25) is 10.1 Å². The summed E-state index contributed by atoms with van der Waals surface area (Å²) in [5, 5.41) is 3.28. The van der Waals surface area contributed by atoms with Crippen molar-refractivity contribution in [2.45, 2.75) is 13.8 Å². The Morgan fingerprint density at radius 1 is 1.29 bits per heavy atom. The molecule has 0 radical (unpaired) electrons. The van der Waals surface area contributed by atoms with Gasteiger partial charge in [0.2, 0.25) is 0 Å². The van der Waals surface area contributed by atoms with Crippen molar-refractivity contribution in [2.24, 2.45) is 0 Å². The molecule has 2 rings (SSSR count). The van der Waals surface area contributed by atoms with Gasteiger partial charge in [0, 0.05) is 5.56 Å². The van der Waals surface area contributed by atoms with E-state index in [0.717, 1.165) is 3.79 Å². The van der Waals surface area contributed by atoms with Crippen LogP contribution in [-0.4, -0.2) is 24.1 Å². The zero-order valence-corrected chi connectivity index (χ0v) is 14.1. The summed E-state index contributed by atoms with van der Waals surface area (Å²) in [6, 6.07) is 5.11. The Morgan fingerprint density at radius 2 is 2.00 bits per heavy atom. The Bertz CT molecular complexity index is 630. The van der Waals surface area contributed by atoms with Crippen LogP contribution in [0.3, 0.4) is 0 Å². The molecule has 0 spiro atoms. The molecule has 0 saturated carbocycles. The van der Waals surface area contributed by atoms with Gasteiger partial charge in [0.15, 0.2) is 16.6 Å². The van der Waals surface area contributed by atoms with Crippen molar-refractivity contribution < 1.29 is 14.3 Å². The van der Waals surface area contributed by atoms with Crippen molar-refractivity contribution in [3.8, 4) is 11.5 Å². The lowest BCUT2D eigenvalue weighted by molar-refractivity contribution is 0.102. The van der Waals surface area contributed by atoms with E-state index in [1.165, 1.54) is 11.3 Å². The van der Waals surface area contributed by atoms with E-state index in [-0.39, 0.29) is 5.91 Å². The first-order valence-electron chi connectivity index (χ1n) is 6.46. The number of carbonyl (C=O) groups excluding carboxylic acids is 1. The topological polar surface area (TPSA) is 60.5 Å². The van der Waals surface area contributed by atoms with E-state index in [2.05, 4.69) is 26.2 Å². The Kier molecular flexibility index (Phi) is 5.58. The normalized spacial score (nSPS) is 10.2. The molecule has 0 saturated heterocycles. The van der Waals surface area contributed by atoms with Crippen LogP contribution in [0.25, 0.3) is 0 Å². The molecule has 0 aliphatic rings. The number of rotatable bonds is 6. The Hall–Kier alpha value is -1.60. The molecule has 0 unspecified atom stereocenters. The average molecular weight is 371 g/mol. The summed E-state index contributed by atoms with van der Waals surface area (Å²) in [4.78, 5) is 16.3. The summed E-state index contributed by atoms with van der Waals surface area (Å²) in [6.45, 7) is 4.83. The van der Waals surface area contributed by atoms with Crippen molar-refractivity contribution >= 4 is 38.3 Å². The molecule has 0 atom stereocenters. The first-order chi connectivity index (χ1) is 10.1. The van der Waals surface area contributed by atoms with Crippen molar-refractivity contribution in [1.82, 2.24) is 4.98 Å². The summed E-state index contributed by atoms with van der Waals surface area (Å²) >= 11 is 4.66. The van der Waals surface area contributed by atoms with Gasteiger partial charge in [0.05, 0.1) is 23.2 Å². The maximum Gasteiger partial charge on any atom is 0.257 e. The molecular weight excluding hydrogens is 356 g/mol. The molecule has 0 aliphatic carbocycles. The molecule has 1 amide bonds. The van der Waals surface area contributed by atoms with Gasteiger partial charge in [-0.1, -0.05) is 11.3 Å². The van der Waals surface area contributed by atoms with Crippen molar-refractivity contribution in [3.63, 3.8) is 0 Å². The highest BCUT2D eigenvalue weighted by molar-refractivity contribution is 9.11. The molecule has 112 valence electrons. The van der Waals surface area contributed by atoms with Gasteiger partial charge in [-0.2, -0.15) is 0 Å². The predicted molar refractivity (Wildman–Crippen MR) is 86.5 cm³/mol. The fourth-order valence-electron chi connectivity index (χ4n) is 1.67. The lowest BCUT2D eigenvalue weighted by atomic mass is 10.2. The first-order valence-corrected chi connectivity index (χ1v) is 8.07. The molecule has 0 aliphatic heterocycles. The molecule has 1 heterocycles. The maximum absolute atomic E-state index is 12.2. The van der Waals surface area contributed by atoms with Crippen LogP contribution in [0.15, 0.2) is 28.2 Å². The van der Waals surface area contributed by atoms with E-state index in [9.17, 15) is 4.79 Å². The number of thiazole rings is 1. The van der Waals surface area contributed by atoms with E-state index in [0.29, 0.717) is 35.4 Å². The highest BCUT2D eigenvalue weighted by Gasteiger charge is 2.13. The van der Waals surface area contributed by atoms with Crippen molar-refractivity contribution in [1.29, 1.82) is 0 Å². The minimum atomic E-state index is -0.235. The lowest BCUT2D eigenvalue weighted by Crippen LogP contribution is -2.12. The Balaban J connectivity index is 2.18. The molecule has 1 N–H and O–H groups in total. The van der Waals surface area contributed by atoms with Crippen LogP contribution in [0.2, 0.25) is 0 Å². The summed E-state index contributed by atoms with van der Waals surface area (Å²) in [5.41, 5.74) is 0.494. The number of ether oxygens (including phenoxy) is 2. The molecule has 2 aromatic rings. The second-order valence-electron chi connectivity index (χ2n) is 3.95. The number of carbonyl (C=O) groups is 1. The molecule has 21 heavy (non-hydrogen) atoms. The molecule has 1 aromatic heterocycles. The lowest BCUT2D eigenvalue weighted by Gasteiger charge is -2.12.